The fourth-order valence-electron chi connectivity index (χ4n) is 7.13. The maximum absolute atomic E-state index is 12.3. The van der Waals surface area contributed by atoms with Crippen molar-refractivity contribution in [2.75, 3.05) is 6.54 Å². The number of hydrogen-bond donors (Lipinski definition) is 3. The van der Waals surface area contributed by atoms with Crippen molar-refractivity contribution in [1.82, 2.24) is 15.3 Å². The van der Waals surface area contributed by atoms with Crippen LogP contribution >= 0.6 is 0 Å². The van der Waals surface area contributed by atoms with Gasteiger partial charge in [-0.15, -0.1) is 0 Å². The molecule has 3 aromatic rings. The highest BCUT2D eigenvalue weighted by Gasteiger charge is 2.52. The number of carboxylic acids is 2. The van der Waals surface area contributed by atoms with E-state index in [-0.39, 0.29) is 16.5 Å². The Bertz CT molecular complexity index is 1350. The van der Waals surface area contributed by atoms with Crippen molar-refractivity contribution in [2.45, 2.75) is 50.0 Å². The maximum atomic E-state index is 12.3. The van der Waals surface area contributed by atoms with Gasteiger partial charge in [0.25, 0.3) is 0 Å². The number of benzene rings is 1. The summed E-state index contributed by atoms with van der Waals surface area (Å²) in [6.07, 6.45) is 12.6. The van der Waals surface area contributed by atoms with E-state index in [1.165, 1.54) is 37.2 Å². The van der Waals surface area contributed by atoms with Gasteiger partial charge in [0.1, 0.15) is 0 Å². The lowest BCUT2D eigenvalue weighted by Crippen LogP contribution is -2.59. The number of rotatable bonds is 4. The number of carboxylic acid groups (broad SMARTS) is 2. The predicted octanol–water partition coefficient (Wildman–Crippen LogP) is 4.55. The molecular formula is C28H27N3O4. The Morgan fingerprint density at radius 2 is 1.60 bits per heavy atom. The van der Waals surface area contributed by atoms with Crippen molar-refractivity contribution >= 4 is 11.9 Å². The van der Waals surface area contributed by atoms with Crippen LogP contribution in [-0.2, 0) is 11.8 Å². The Balaban J connectivity index is 1.70. The summed E-state index contributed by atoms with van der Waals surface area (Å²) in [5.74, 6) is -1.54. The number of nitrogens with zero attached hydrogens (tertiary/aromatic N) is 2. The van der Waals surface area contributed by atoms with Crippen LogP contribution < -0.4 is 5.32 Å². The number of fused-ring (bicyclic) bond motifs is 1. The van der Waals surface area contributed by atoms with E-state index in [0.717, 1.165) is 42.5 Å². The highest BCUT2D eigenvalue weighted by Crippen LogP contribution is 2.56. The number of carbonyl (C=O) groups is 2. The minimum Gasteiger partial charge on any atom is -0.478 e. The first-order valence-electron chi connectivity index (χ1n) is 12.3. The molecule has 2 fully saturated rings. The van der Waals surface area contributed by atoms with Crippen LogP contribution in [0.5, 0.6) is 0 Å². The molecule has 7 heteroatoms. The lowest BCUT2D eigenvalue weighted by atomic mass is 9.52. The van der Waals surface area contributed by atoms with Gasteiger partial charge in [0.2, 0.25) is 0 Å². The zero-order valence-electron chi connectivity index (χ0n) is 19.3. The van der Waals surface area contributed by atoms with Crippen LogP contribution in [-0.4, -0.2) is 44.7 Å². The van der Waals surface area contributed by atoms with Gasteiger partial charge in [0.15, 0.2) is 0 Å². The molecule has 0 unspecified atom stereocenters. The minimum absolute atomic E-state index is 0.0827. The van der Waals surface area contributed by atoms with Crippen LogP contribution in [0.1, 0.15) is 63.9 Å². The number of piperidine rings is 1. The monoisotopic (exact) mass is 469 g/mol. The number of hydrogen-bond acceptors (Lipinski definition) is 5. The van der Waals surface area contributed by atoms with Gasteiger partial charge in [-0.2, -0.15) is 0 Å². The maximum Gasteiger partial charge on any atom is 0.337 e. The molecule has 2 bridgehead atoms. The molecule has 178 valence electrons. The van der Waals surface area contributed by atoms with Gasteiger partial charge in [-0.05, 0) is 78.1 Å². The molecule has 0 amide bonds. The van der Waals surface area contributed by atoms with Crippen LogP contribution in [0.25, 0.3) is 22.3 Å². The van der Waals surface area contributed by atoms with Crippen LogP contribution in [0.4, 0.5) is 0 Å². The van der Waals surface area contributed by atoms with Gasteiger partial charge in [0, 0.05) is 41.8 Å². The van der Waals surface area contributed by atoms with Crippen LogP contribution in [0.2, 0.25) is 0 Å². The summed E-state index contributed by atoms with van der Waals surface area (Å²) in [6.45, 7) is 0.987. The summed E-state index contributed by atoms with van der Waals surface area (Å²) < 4.78 is 0. The lowest BCUT2D eigenvalue weighted by molar-refractivity contribution is 0.0686. The minimum atomic E-state index is -1.06. The fraction of sp³-hybridized carbons (Fsp3) is 0.357. The van der Waals surface area contributed by atoms with Crippen molar-refractivity contribution < 1.29 is 19.8 Å². The molecule has 35 heavy (non-hydrogen) atoms. The van der Waals surface area contributed by atoms with Crippen molar-refractivity contribution in [3.8, 4) is 22.3 Å². The smallest absolute Gasteiger partial charge is 0.337 e. The average Bonchev–Trinajstić information content (AvgIpc) is 2.88. The summed E-state index contributed by atoms with van der Waals surface area (Å²) in [5.41, 5.74) is 5.42. The standard InChI is InChI=1S/C28H27N3O4/c32-26(33)20-14-29-10-6-16(20)17-4-5-22-19(25(17)18-7-11-30-15-21(18)27(34)35)13-24-23-3-1-2-8-28(22,23)9-12-31-24/h4-7,10-11,14-15,23-24,31H,1-3,8-9,12-13H2,(H,32,33)(H,34,35)/t23-,24+,28-/m0/s1. The quantitative estimate of drug-likeness (QED) is 0.514. The third-order valence-corrected chi connectivity index (χ3v) is 8.50. The first kappa shape index (κ1) is 21.9. The van der Waals surface area contributed by atoms with Crippen molar-refractivity contribution in [3.63, 3.8) is 0 Å². The number of aromatic carboxylic acids is 2. The van der Waals surface area contributed by atoms with Gasteiger partial charge in [-0.1, -0.05) is 25.0 Å². The number of nitrogens with one attached hydrogen (secondary N) is 1. The average molecular weight is 470 g/mol. The van der Waals surface area contributed by atoms with E-state index in [1.807, 2.05) is 6.07 Å². The molecule has 3 heterocycles. The largest absolute Gasteiger partial charge is 0.478 e. The number of pyridine rings is 2. The molecule has 7 nitrogen and oxygen atoms in total. The first-order chi connectivity index (χ1) is 17.0. The molecule has 1 aromatic carbocycles. The third-order valence-electron chi connectivity index (χ3n) is 8.50. The van der Waals surface area contributed by atoms with E-state index >= 15 is 0 Å². The van der Waals surface area contributed by atoms with Gasteiger partial charge < -0.3 is 15.5 Å². The molecule has 1 aliphatic heterocycles. The van der Waals surface area contributed by atoms with Crippen molar-refractivity contribution in [2.24, 2.45) is 5.92 Å². The zero-order chi connectivity index (χ0) is 24.2. The summed E-state index contributed by atoms with van der Waals surface area (Å²) in [6, 6.07) is 7.99. The molecular weight excluding hydrogens is 442 g/mol. The summed E-state index contributed by atoms with van der Waals surface area (Å²) in [5, 5.41) is 23.7. The summed E-state index contributed by atoms with van der Waals surface area (Å²) >= 11 is 0. The molecule has 1 saturated carbocycles. The number of aromatic nitrogens is 2. The fourth-order valence-corrected chi connectivity index (χ4v) is 7.13. The summed E-state index contributed by atoms with van der Waals surface area (Å²) in [4.78, 5) is 32.5. The van der Waals surface area contributed by atoms with Crippen LogP contribution in [0.3, 0.4) is 0 Å². The van der Waals surface area contributed by atoms with E-state index in [1.54, 1.807) is 24.5 Å². The van der Waals surface area contributed by atoms with E-state index in [2.05, 4.69) is 21.4 Å². The Hall–Kier alpha value is -3.58. The van der Waals surface area contributed by atoms with E-state index in [0.29, 0.717) is 23.1 Å². The second-order valence-corrected chi connectivity index (χ2v) is 9.99. The van der Waals surface area contributed by atoms with E-state index < -0.39 is 11.9 Å². The molecule has 6 rings (SSSR count). The van der Waals surface area contributed by atoms with Crippen molar-refractivity contribution in [3.05, 3.63) is 71.3 Å². The van der Waals surface area contributed by atoms with Crippen molar-refractivity contribution in [1.29, 1.82) is 0 Å². The van der Waals surface area contributed by atoms with Crippen LogP contribution in [0.15, 0.2) is 49.1 Å². The molecule has 3 atom stereocenters. The molecule has 0 spiro atoms. The Kier molecular flexibility index (Phi) is 5.18. The SMILES string of the molecule is O=C(O)c1cnccc1-c1ccc2c(c1-c1ccncc1C(=O)O)C[C@H]1NCC[C@@]23CCCC[C@@H]13. The summed E-state index contributed by atoms with van der Waals surface area (Å²) in [7, 11) is 0. The normalized spacial score (nSPS) is 24.8. The lowest BCUT2D eigenvalue weighted by Gasteiger charge is -2.56. The molecule has 3 aliphatic rings. The predicted molar refractivity (Wildman–Crippen MR) is 131 cm³/mol. The highest BCUT2D eigenvalue weighted by molar-refractivity contribution is 6.03. The van der Waals surface area contributed by atoms with Crippen LogP contribution in [0, 0.1) is 5.92 Å². The Morgan fingerprint density at radius 1 is 0.886 bits per heavy atom. The van der Waals surface area contributed by atoms with Gasteiger partial charge >= 0.3 is 11.9 Å². The second-order valence-electron chi connectivity index (χ2n) is 9.99. The Labute approximate surface area is 203 Å². The third kappa shape index (κ3) is 3.29. The molecule has 1 saturated heterocycles. The second kappa shape index (κ2) is 8.27. The zero-order valence-corrected chi connectivity index (χ0v) is 19.3. The molecule has 2 aromatic heterocycles. The first-order valence-corrected chi connectivity index (χ1v) is 12.3. The topological polar surface area (TPSA) is 112 Å². The molecule has 0 radical (unpaired) electrons. The van der Waals surface area contributed by atoms with E-state index in [9.17, 15) is 19.8 Å². The molecule has 2 aliphatic carbocycles. The van der Waals surface area contributed by atoms with Gasteiger partial charge in [0.05, 0.1) is 11.1 Å². The Morgan fingerprint density at radius 3 is 2.34 bits per heavy atom. The van der Waals surface area contributed by atoms with E-state index in [4.69, 9.17) is 0 Å². The van der Waals surface area contributed by atoms with Gasteiger partial charge in [-0.25, -0.2) is 9.59 Å². The van der Waals surface area contributed by atoms with Gasteiger partial charge in [-0.3, -0.25) is 9.97 Å². The highest BCUT2D eigenvalue weighted by atomic mass is 16.4. The molecule has 3 N–H and O–H groups in total.